The van der Waals surface area contributed by atoms with Crippen molar-refractivity contribution in [2.45, 2.75) is 12.0 Å². The van der Waals surface area contributed by atoms with E-state index in [0.29, 0.717) is 35.7 Å². The van der Waals surface area contributed by atoms with Crippen LogP contribution in [0.2, 0.25) is 0 Å². The number of aliphatic hydroxyl groups is 2. The van der Waals surface area contributed by atoms with E-state index < -0.39 is 18.8 Å². The summed E-state index contributed by atoms with van der Waals surface area (Å²) in [6.45, 7) is 5.38. The van der Waals surface area contributed by atoms with Gasteiger partial charge in [0.15, 0.2) is 17.1 Å². The summed E-state index contributed by atoms with van der Waals surface area (Å²) >= 11 is 0. The fourth-order valence-electron chi connectivity index (χ4n) is 2.96. The van der Waals surface area contributed by atoms with E-state index in [9.17, 15) is 14.6 Å². The molecule has 0 atom stereocenters. The lowest BCUT2D eigenvalue weighted by Crippen LogP contribution is -2.41. The zero-order valence-electron chi connectivity index (χ0n) is 15.9. The normalized spacial score (nSPS) is 11.3. The highest BCUT2D eigenvalue weighted by Crippen LogP contribution is 2.35. The Morgan fingerprint density at radius 3 is 2.21 bits per heavy atom. The molecule has 3 aromatic rings. The Hall–Kier alpha value is -2.89. The molecule has 0 spiro atoms. The zero-order valence-corrected chi connectivity index (χ0v) is 15.9. The molecule has 2 N–H and O–H groups in total. The summed E-state index contributed by atoms with van der Waals surface area (Å²) in [5.41, 5.74) is 0.687. The largest absolute Gasteiger partial charge is 0.489 e. The highest BCUT2D eigenvalue weighted by atomic mass is 19.1. The lowest BCUT2D eigenvalue weighted by atomic mass is 9.95. The molecule has 5 heteroatoms. The minimum atomic E-state index is -1.34. The first kappa shape index (κ1) is 20.8. The Bertz CT molecular complexity index is 906. The number of rotatable bonds is 9. The molecule has 0 unspecified atom stereocenters. The standard InChI is InChI=1S/C24H23FO4/c1-18-7-12-22(28-14-13-19-8-10-21(25)11-9-19)23(15-18)29-24(16-26,17-27)20-5-3-2-4-6-20/h1-12,15,26-27H,13-14,16-17H2. The van der Waals surface area contributed by atoms with E-state index in [1.54, 1.807) is 54.6 Å². The fourth-order valence-corrected chi connectivity index (χ4v) is 2.96. The molecule has 0 saturated carbocycles. The molecule has 3 aromatic carbocycles. The molecule has 29 heavy (non-hydrogen) atoms. The van der Waals surface area contributed by atoms with Crippen LogP contribution in [0.25, 0.3) is 0 Å². The van der Waals surface area contributed by atoms with E-state index >= 15 is 0 Å². The van der Waals surface area contributed by atoms with Gasteiger partial charge in [0.05, 0.1) is 19.8 Å². The maximum absolute atomic E-state index is 13.0. The highest BCUT2D eigenvalue weighted by molar-refractivity contribution is 5.45. The van der Waals surface area contributed by atoms with Gasteiger partial charge in [-0.3, -0.25) is 0 Å². The number of hydrogen-bond acceptors (Lipinski definition) is 4. The van der Waals surface area contributed by atoms with E-state index in [1.165, 1.54) is 12.1 Å². The molecule has 0 fully saturated rings. The summed E-state index contributed by atoms with van der Waals surface area (Å²) < 4.78 is 25.0. The number of hydrogen-bond donors (Lipinski definition) is 2. The molecule has 0 aliphatic rings. The predicted molar refractivity (Wildman–Crippen MR) is 108 cm³/mol. The van der Waals surface area contributed by atoms with Gasteiger partial charge in [0, 0.05) is 12.0 Å². The lowest BCUT2D eigenvalue weighted by molar-refractivity contribution is -0.0400. The van der Waals surface area contributed by atoms with Gasteiger partial charge in [-0.15, -0.1) is 0 Å². The maximum Gasteiger partial charge on any atom is 0.180 e. The maximum atomic E-state index is 13.0. The topological polar surface area (TPSA) is 58.9 Å². The Morgan fingerprint density at radius 2 is 1.55 bits per heavy atom. The van der Waals surface area contributed by atoms with Crippen LogP contribution in [-0.2, 0) is 12.0 Å². The first-order valence-corrected chi connectivity index (χ1v) is 9.29. The van der Waals surface area contributed by atoms with E-state index in [4.69, 9.17) is 16.4 Å². The van der Waals surface area contributed by atoms with Crippen LogP contribution in [0.4, 0.5) is 4.39 Å². The summed E-state index contributed by atoms with van der Waals surface area (Å²) in [6, 6.07) is 20.2. The molecule has 0 bridgehead atoms. The first-order valence-electron chi connectivity index (χ1n) is 9.29. The molecule has 0 amide bonds. The molecule has 0 saturated heterocycles. The van der Waals surface area contributed by atoms with Gasteiger partial charge in [-0.1, -0.05) is 48.5 Å². The highest BCUT2D eigenvalue weighted by Gasteiger charge is 2.34. The Kier molecular flexibility index (Phi) is 6.86. The van der Waals surface area contributed by atoms with Crippen LogP contribution in [0.5, 0.6) is 11.5 Å². The molecule has 4 nitrogen and oxygen atoms in total. The predicted octanol–water partition coefficient (Wildman–Crippen LogP) is 3.77. The fraction of sp³-hybridized carbons (Fsp3) is 0.208. The van der Waals surface area contributed by atoms with Crippen molar-refractivity contribution < 1.29 is 24.1 Å². The van der Waals surface area contributed by atoms with Crippen molar-refractivity contribution in [3.05, 3.63) is 102 Å². The average molecular weight is 394 g/mol. The van der Waals surface area contributed by atoms with Gasteiger partial charge < -0.3 is 19.7 Å². The summed E-state index contributed by atoms with van der Waals surface area (Å²) in [7, 11) is 0. The summed E-state index contributed by atoms with van der Waals surface area (Å²) in [5, 5.41) is 20.0. The molecule has 2 radical (unpaired) electrons. The van der Waals surface area contributed by atoms with E-state index in [2.05, 4.69) is 0 Å². The molecular weight excluding hydrogens is 371 g/mol. The van der Waals surface area contributed by atoms with Crippen LogP contribution in [0.15, 0.2) is 72.8 Å². The van der Waals surface area contributed by atoms with Gasteiger partial charge in [-0.2, -0.15) is 0 Å². The third-order valence-electron chi connectivity index (χ3n) is 4.65. The van der Waals surface area contributed by atoms with Gasteiger partial charge in [0.2, 0.25) is 0 Å². The van der Waals surface area contributed by atoms with Crippen LogP contribution >= 0.6 is 0 Å². The van der Waals surface area contributed by atoms with Crippen LogP contribution in [0, 0.1) is 12.7 Å². The van der Waals surface area contributed by atoms with Crippen molar-refractivity contribution in [3.63, 3.8) is 0 Å². The molecule has 0 aliphatic heterocycles. The second kappa shape index (κ2) is 9.54. The van der Waals surface area contributed by atoms with Crippen LogP contribution in [0.1, 0.15) is 16.7 Å². The smallest absolute Gasteiger partial charge is 0.180 e. The Labute approximate surface area is 170 Å². The second-order valence-corrected chi connectivity index (χ2v) is 6.71. The van der Waals surface area contributed by atoms with Gasteiger partial charge in [0.1, 0.15) is 5.82 Å². The average Bonchev–Trinajstić information content (AvgIpc) is 2.75. The Morgan fingerprint density at radius 1 is 0.862 bits per heavy atom. The van der Waals surface area contributed by atoms with Crippen molar-refractivity contribution in [3.8, 4) is 11.5 Å². The molecular formula is C24H23FO4. The quantitative estimate of drug-likeness (QED) is 0.580. The number of halogens is 1. The molecule has 3 rings (SSSR count). The SMILES string of the molecule is [CH]c1ccc(OCCc2ccc(F)cc2)c(OC(CO)(CO)c2ccccc2)c1. The number of aliphatic hydroxyl groups excluding tert-OH is 2. The lowest BCUT2D eigenvalue weighted by Gasteiger charge is -2.32. The van der Waals surface area contributed by atoms with Crippen LogP contribution in [-0.4, -0.2) is 30.0 Å². The van der Waals surface area contributed by atoms with Gasteiger partial charge in [0.25, 0.3) is 0 Å². The van der Waals surface area contributed by atoms with Gasteiger partial charge in [-0.25, -0.2) is 4.39 Å². The van der Waals surface area contributed by atoms with E-state index in [-0.39, 0.29) is 5.82 Å². The van der Waals surface area contributed by atoms with E-state index in [1.807, 2.05) is 6.07 Å². The number of benzene rings is 3. The van der Waals surface area contributed by atoms with Gasteiger partial charge >= 0.3 is 0 Å². The second-order valence-electron chi connectivity index (χ2n) is 6.71. The van der Waals surface area contributed by atoms with Crippen molar-refractivity contribution in [2.75, 3.05) is 19.8 Å². The summed E-state index contributed by atoms with van der Waals surface area (Å²) in [4.78, 5) is 0. The minimum Gasteiger partial charge on any atom is -0.489 e. The van der Waals surface area contributed by atoms with Crippen molar-refractivity contribution in [2.24, 2.45) is 0 Å². The first-order chi connectivity index (χ1) is 14.1. The molecule has 0 aliphatic carbocycles. The monoisotopic (exact) mass is 394 g/mol. The molecule has 0 aromatic heterocycles. The molecule has 150 valence electrons. The van der Waals surface area contributed by atoms with Crippen molar-refractivity contribution >= 4 is 0 Å². The third-order valence-corrected chi connectivity index (χ3v) is 4.65. The Balaban J connectivity index is 1.79. The van der Waals surface area contributed by atoms with Crippen LogP contribution in [0.3, 0.4) is 0 Å². The van der Waals surface area contributed by atoms with Crippen molar-refractivity contribution in [1.82, 2.24) is 0 Å². The zero-order chi connectivity index (χ0) is 20.7. The molecule has 0 heterocycles. The third kappa shape index (κ3) is 5.13. The summed E-state index contributed by atoms with van der Waals surface area (Å²) in [6.07, 6.45) is 0.577. The van der Waals surface area contributed by atoms with Gasteiger partial charge in [-0.05, 0) is 42.3 Å². The summed E-state index contributed by atoms with van der Waals surface area (Å²) in [5.74, 6) is 0.466. The van der Waals surface area contributed by atoms with E-state index in [0.717, 1.165) is 5.56 Å². The van der Waals surface area contributed by atoms with Crippen LogP contribution < -0.4 is 9.47 Å². The number of ether oxygens (including phenoxy) is 2. The van der Waals surface area contributed by atoms with Crippen molar-refractivity contribution in [1.29, 1.82) is 0 Å². The minimum absolute atomic E-state index is 0.283.